The molecule has 5 heteroatoms. The number of piperidine rings is 1. The number of rotatable bonds is 4. The number of aromatic nitrogens is 1. The zero-order valence-corrected chi connectivity index (χ0v) is 13.2. The summed E-state index contributed by atoms with van der Waals surface area (Å²) in [6, 6.07) is 3.69. The lowest BCUT2D eigenvalue weighted by Gasteiger charge is -2.43. The molecule has 0 spiro atoms. The molecule has 1 amide bonds. The Morgan fingerprint density at radius 2 is 2.45 bits per heavy atom. The zero-order chi connectivity index (χ0) is 15.4. The highest BCUT2D eigenvalue weighted by Crippen LogP contribution is 2.31. The number of nitrogens with zero attached hydrogens (tertiary/aromatic N) is 2. The SMILES string of the molecule is CCCN1CC[C@H]2OC[C@@H](C(=O)Nc3cccnc3)C[C@H]2C1. The van der Waals surface area contributed by atoms with Gasteiger partial charge in [-0.05, 0) is 43.9 Å². The Morgan fingerprint density at radius 1 is 1.55 bits per heavy atom. The van der Waals surface area contributed by atoms with Crippen LogP contribution in [0.4, 0.5) is 5.69 Å². The summed E-state index contributed by atoms with van der Waals surface area (Å²) in [7, 11) is 0. The van der Waals surface area contributed by atoms with Gasteiger partial charge in [0.05, 0.1) is 30.5 Å². The number of amides is 1. The fourth-order valence-electron chi connectivity index (χ4n) is 3.59. The first kappa shape index (κ1) is 15.4. The predicted molar refractivity (Wildman–Crippen MR) is 85.6 cm³/mol. The smallest absolute Gasteiger partial charge is 0.229 e. The number of anilines is 1. The molecular formula is C17H25N3O2. The number of ether oxygens (including phenoxy) is 1. The number of carbonyl (C=O) groups excluding carboxylic acids is 1. The first-order chi connectivity index (χ1) is 10.8. The van der Waals surface area contributed by atoms with Gasteiger partial charge >= 0.3 is 0 Å². The lowest BCUT2D eigenvalue weighted by Crippen LogP contribution is -2.49. The largest absolute Gasteiger partial charge is 0.377 e. The molecule has 2 saturated heterocycles. The average Bonchev–Trinajstić information content (AvgIpc) is 2.55. The minimum Gasteiger partial charge on any atom is -0.377 e. The van der Waals surface area contributed by atoms with E-state index in [0.717, 1.165) is 38.2 Å². The molecule has 1 aromatic rings. The van der Waals surface area contributed by atoms with Gasteiger partial charge in [0.2, 0.25) is 5.91 Å². The second-order valence-electron chi connectivity index (χ2n) is 6.38. The van der Waals surface area contributed by atoms with Crippen LogP contribution in [-0.4, -0.2) is 48.1 Å². The van der Waals surface area contributed by atoms with E-state index >= 15 is 0 Å². The van der Waals surface area contributed by atoms with Gasteiger partial charge in [-0.1, -0.05) is 6.92 Å². The van der Waals surface area contributed by atoms with Gasteiger partial charge in [0.15, 0.2) is 0 Å². The maximum absolute atomic E-state index is 12.4. The van der Waals surface area contributed by atoms with Crippen LogP contribution in [0.2, 0.25) is 0 Å². The van der Waals surface area contributed by atoms with Crippen molar-refractivity contribution in [2.45, 2.75) is 32.3 Å². The molecule has 2 aliphatic heterocycles. The molecule has 1 N–H and O–H groups in total. The molecular weight excluding hydrogens is 278 g/mol. The van der Waals surface area contributed by atoms with Crippen molar-refractivity contribution < 1.29 is 9.53 Å². The molecule has 120 valence electrons. The lowest BCUT2D eigenvalue weighted by molar-refractivity contribution is -0.134. The van der Waals surface area contributed by atoms with Gasteiger partial charge in [-0.25, -0.2) is 0 Å². The Labute approximate surface area is 132 Å². The molecule has 3 atom stereocenters. The topological polar surface area (TPSA) is 54.5 Å². The first-order valence-corrected chi connectivity index (χ1v) is 8.31. The Hall–Kier alpha value is -1.46. The zero-order valence-electron chi connectivity index (χ0n) is 13.2. The maximum atomic E-state index is 12.4. The van der Waals surface area contributed by atoms with Crippen molar-refractivity contribution in [1.82, 2.24) is 9.88 Å². The minimum atomic E-state index is -0.0527. The maximum Gasteiger partial charge on any atom is 0.229 e. The molecule has 2 fully saturated rings. The summed E-state index contributed by atoms with van der Waals surface area (Å²) in [5.41, 5.74) is 0.755. The normalized spacial score (nSPS) is 28.9. The van der Waals surface area contributed by atoms with Crippen LogP contribution < -0.4 is 5.32 Å². The minimum absolute atomic E-state index is 0.0527. The van der Waals surface area contributed by atoms with Gasteiger partial charge in [-0.3, -0.25) is 9.78 Å². The van der Waals surface area contributed by atoms with Crippen molar-refractivity contribution in [3.8, 4) is 0 Å². The highest BCUT2D eigenvalue weighted by atomic mass is 16.5. The molecule has 1 aromatic heterocycles. The van der Waals surface area contributed by atoms with Crippen LogP contribution in [0, 0.1) is 11.8 Å². The number of fused-ring (bicyclic) bond motifs is 1. The van der Waals surface area contributed by atoms with E-state index < -0.39 is 0 Å². The summed E-state index contributed by atoms with van der Waals surface area (Å²) in [4.78, 5) is 18.9. The van der Waals surface area contributed by atoms with Crippen molar-refractivity contribution in [3.05, 3.63) is 24.5 Å². The van der Waals surface area contributed by atoms with Crippen LogP contribution in [0.15, 0.2) is 24.5 Å². The molecule has 2 aliphatic rings. The Morgan fingerprint density at radius 3 is 3.23 bits per heavy atom. The molecule has 5 nitrogen and oxygen atoms in total. The average molecular weight is 303 g/mol. The third-order valence-corrected chi connectivity index (χ3v) is 4.69. The fourth-order valence-corrected chi connectivity index (χ4v) is 3.59. The molecule has 0 saturated carbocycles. The Bertz CT molecular complexity index is 494. The number of nitrogens with one attached hydrogen (secondary N) is 1. The molecule has 0 bridgehead atoms. The summed E-state index contributed by atoms with van der Waals surface area (Å²) >= 11 is 0. The van der Waals surface area contributed by atoms with Gasteiger partial charge in [0.1, 0.15) is 0 Å². The van der Waals surface area contributed by atoms with Crippen molar-refractivity contribution >= 4 is 11.6 Å². The van der Waals surface area contributed by atoms with Crippen LogP contribution in [0.5, 0.6) is 0 Å². The van der Waals surface area contributed by atoms with Crippen LogP contribution >= 0.6 is 0 Å². The molecule has 0 radical (unpaired) electrons. The van der Waals surface area contributed by atoms with E-state index in [1.807, 2.05) is 12.1 Å². The molecule has 0 aliphatic carbocycles. The van der Waals surface area contributed by atoms with Gasteiger partial charge in [0, 0.05) is 19.3 Å². The highest BCUT2D eigenvalue weighted by molar-refractivity contribution is 5.92. The van der Waals surface area contributed by atoms with E-state index in [2.05, 4.69) is 22.1 Å². The number of pyridine rings is 1. The van der Waals surface area contributed by atoms with Crippen molar-refractivity contribution in [2.75, 3.05) is 31.6 Å². The summed E-state index contributed by atoms with van der Waals surface area (Å²) in [6.45, 7) is 6.10. The monoisotopic (exact) mass is 303 g/mol. The van der Waals surface area contributed by atoms with Gasteiger partial charge in [-0.15, -0.1) is 0 Å². The van der Waals surface area contributed by atoms with Crippen LogP contribution in [-0.2, 0) is 9.53 Å². The number of likely N-dealkylation sites (tertiary alicyclic amines) is 1. The van der Waals surface area contributed by atoms with E-state index in [0.29, 0.717) is 18.6 Å². The Kier molecular flexibility index (Phi) is 5.05. The molecule has 3 heterocycles. The fraction of sp³-hybridized carbons (Fsp3) is 0.647. The van der Waals surface area contributed by atoms with Gasteiger partial charge in [0.25, 0.3) is 0 Å². The third kappa shape index (κ3) is 3.65. The van der Waals surface area contributed by atoms with Crippen molar-refractivity contribution in [2.24, 2.45) is 11.8 Å². The summed E-state index contributed by atoms with van der Waals surface area (Å²) in [5.74, 6) is 0.487. The van der Waals surface area contributed by atoms with E-state index in [1.54, 1.807) is 12.4 Å². The number of carbonyl (C=O) groups is 1. The van der Waals surface area contributed by atoms with Crippen LogP contribution in [0.25, 0.3) is 0 Å². The Balaban J connectivity index is 1.56. The van der Waals surface area contributed by atoms with Crippen molar-refractivity contribution in [1.29, 1.82) is 0 Å². The number of hydrogen-bond acceptors (Lipinski definition) is 4. The van der Waals surface area contributed by atoms with E-state index in [-0.39, 0.29) is 11.8 Å². The van der Waals surface area contributed by atoms with Crippen LogP contribution in [0.1, 0.15) is 26.2 Å². The highest BCUT2D eigenvalue weighted by Gasteiger charge is 2.37. The standard InChI is InChI=1S/C17H25N3O2/c1-2-7-20-8-5-16-13(11-20)9-14(12-22-16)17(21)19-15-4-3-6-18-10-15/h3-4,6,10,13-14,16H,2,5,7-9,11-12H2,1H3,(H,19,21)/t13-,14-,16+/m0/s1. The van der Waals surface area contributed by atoms with Crippen LogP contribution in [0.3, 0.4) is 0 Å². The van der Waals surface area contributed by atoms with Gasteiger partial charge in [-0.2, -0.15) is 0 Å². The van der Waals surface area contributed by atoms with E-state index in [9.17, 15) is 4.79 Å². The first-order valence-electron chi connectivity index (χ1n) is 8.31. The lowest BCUT2D eigenvalue weighted by atomic mass is 9.83. The third-order valence-electron chi connectivity index (χ3n) is 4.69. The molecule has 0 aromatic carbocycles. The second-order valence-corrected chi connectivity index (χ2v) is 6.38. The quantitative estimate of drug-likeness (QED) is 0.926. The predicted octanol–water partition coefficient (Wildman–Crippen LogP) is 2.16. The molecule has 22 heavy (non-hydrogen) atoms. The molecule has 3 rings (SSSR count). The summed E-state index contributed by atoms with van der Waals surface area (Å²) < 4.78 is 5.98. The number of hydrogen-bond donors (Lipinski definition) is 1. The van der Waals surface area contributed by atoms with E-state index in [1.165, 1.54) is 6.42 Å². The van der Waals surface area contributed by atoms with E-state index in [4.69, 9.17) is 4.74 Å². The summed E-state index contributed by atoms with van der Waals surface area (Å²) in [5, 5.41) is 2.95. The molecule has 0 unspecified atom stereocenters. The van der Waals surface area contributed by atoms with Gasteiger partial charge < -0.3 is 15.0 Å². The second kappa shape index (κ2) is 7.20. The summed E-state index contributed by atoms with van der Waals surface area (Å²) in [6.07, 6.45) is 6.93. The van der Waals surface area contributed by atoms with Crippen molar-refractivity contribution in [3.63, 3.8) is 0 Å².